The van der Waals surface area contributed by atoms with Gasteiger partial charge >= 0.3 is 6.18 Å². The third kappa shape index (κ3) is 4.61. The van der Waals surface area contributed by atoms with Crippen LogP contribution in [0.5, 0.6) is 0 Å². The molecule has 0 nitrogen and oxygen atoms in total. The summed E-state index contributed by atoms with van der Waals surface area (Å²) in [5.41, 5.74) is 3.20. The van der Waals surface area contributed by atoms with Gasteiger partial charge in [0, 0.05) is 11.6 Å². The van der Waals surface area contributed by atoms with Crippen LogP contribution < -0.4 is 0 Å². The summed E-state index contributed by atoms with van der Waals surface area (Å²) in [4.78, 5) is 0. The van der Waals surface area contributed by atoms with E-state index in [-0.39, 0.29) is 11.6 Å². The summed E-state index contributed by atoms with van der Waals surface area (Å²) in [6.45, 7) is 1.99. The van der Waals surface area contributed by atoms with Crippen LogP contribution in [0.4, 0.5) is 22.0 Å². The van der Waals surface area contributed by atoms with E-state index in [1.807, 2.05) is 43.3 Å². The maximum Gasteiger partial charge on any atom is 0.409 e. The standard InChI is InChI=1S/C22H15F5/c1-14-2-4-15(5-3-14)16-6-8-17(9-7-16)18-12-20(23)19(21(24)13-18)10-11-22(25,26)27/h2-13H,1H3/b11-10+. The molecule has 3 aromatic carbocycles. The lowest BCUT2D eigenvalue weighted by Crippen LogP contribution is -2.01. The average Bonchev–Trinajstić information content (AvgIpc) is 2.61. The number of allylic oxidation sites excluding steroid dienone is 1. The van der Waals surface area contributed by atoms with Crippen molar-refractivity contribution in [3.05, 3.63) is 89.5 Å². The maximum atomic E-state index is 14.1. The monoisotopic (exact) mass is 374 g/mol. The van der Waals surface area contributed by atoms with Gasteiger partial charge in [-0.05, 0) is 47.4 Å². The molecule has 138 valence electrons. The Morgan fingerprint density at radius 2 is 1.07 bits per heavy atom. The number of benzene rings is 3. The van der Waals surface area contributed by atoms with Crippen LogP contribution in [0.15, 0.2) is 66.7 Å². The van der Waals surface area contributed by atoms with Gasteiger partial charge in [-0.3, -0.25) is 0 Å². The summed E-state index contributed by atoms with van der Waals surface area (Å²) in [6.07, 6.45) is -4.43. The Kier molecular flexibility index (Phi) is 5.13. The van der Waals surface area contributed by atoms with Crippen molar-refractivity contribution >= 4 is 6.08 Å². The van der Waals surface area contributed by atoms with E-state index in [0.717, 1.165) is 28.8 Å². The quantitative estimate of drug-likeness (QED) is 0.426. The van der Waals surface area contributed by atoms with Gasteiger partial charge in [0.05, 0.1) is 0 Å². The predicted molar refractivity (Wildman–Crippen MR) is 97.1 cm³/mol. The summed E-state index contributed by atoms with van der Waals surface area (Å²) < 4.78 is 64.8. The molecule has 0 radical (unpaired) electrons. The molecule has 0 bridgehead atoms. The Morgan fingerprint density at radius 1 is 0.667 bits per heavy atom. The van der Waals surface area contributed by atoms with Crippen molar-refractivity contribution in [1.29, 1.82) is 0 Å². The Balaban J connectivity index is 1.90. The minimum absolute atomic E-state index is 0.190. The number of halogens is 5. The van der Waals surface area contributed by atoms with Gasteiger partial charge in [-0.2, -0.15) is 13.2 Å². The van der Waals surface area contributed by atoms with E-state index >= 15 is 0 Å². The summed E-state index contributed by atoms with van der Waals surface area (Å²) in [5, 5.41) is 0. The molecule has 5 heteroatoms. The first kappa shape index (κ1) is 18.8. The van der Waals surface area contributed by atoms with Crippen molar-refractivity contribution in [2.75, 3.05) is 0 Å². The van der Waals surface area contributed by atoms with E-state index < -0.39 is 23.4 Å². The normalized spacial score (nSPS) is 11.9. The zero-order chi connectivity index (χ0) is 19.6. The molecule has 0 aliphatic carbocycles. The largest absolute Gasteiger partial charge is 0.409 e. The fraction of sp³-hybridized carbons (Fsp3) is 0.0909. The van der Waals surface area contributed by atoms with Crippen LogP contribution >= 0.6 is 0 Å². The molecule has 0 unspecified atom stereocenters. The van der Waals surface area contributed by atoms with Crippen molar-refractivity contribution in [2.45, 2.75) is 13.1 Å². The first-order valence-electron chi connectivity index (χ1n) is 8.15. The van der Waals surface area contributed by atoms with Gasteiger partial charge in [-0.1, -0.05) is 54.1 Å². The smallest absolute Gasteiger partial charge is 0.206 e. The van der Waals surface area contributed by atoms with E-state index in [9.17, 15) is 22.0 Å². The molecule has 0 atom stereocenters. The number of rotatable bonds is 3. The first-order valence-corrected chi connectivity index (χ1v) is 8.15. The number of hydrogen-bond acceptors (Lipinski definition) is 0. The highest BCUT2D eigenvalue weighted by atomic mass is 19.4. The lowest BCUT2D eigenvalue weighted by atomic mass is 9.98. The lowest BCUT2D eigenvalue weighted by molar-refractivity contribution is -0.0790. The van der Waals surface area contributed by atoms with E-state index in [2.05, 4.69) is 0 Å². The summed E-state index contributed by atoms with van der Waals surface area (Å²) in [7, 11) is 0. The Morgan fingerprint density at radius 3 is 1.52 bits per heavy atom. The number of aryl methyl sites for hydroxylation is 1. The molecule has 0 spiro atoms. The van der Waals surface area contributed by atoms with Crippen molar-refractivity contribution in [1.82, 2.24) is 0 Å². The van der Waals surface area contributed by atoms with Crippen LogP contribution in [-0.4, -0.2) is 6.18 Å². The van der Waals surface area contributed by atoms with Gasteiger partial charge < -0.3 is 0 Å². The Hall–Kier alpha value is -2.95. The molecule has 0 aliphatic rings. The second-order valence-electron chi connectivity index (χ2n) is 6.17. The third-order valence-electron chi connectivity index (χ3n) is 4.12. The fourth-order valence-corrected chi connectivity index (χ4v) is 2.69. The first-order chi connectivity index (χ1) is 12.7. The third-order valence-corrected chi connectivity index (χ3v) is 4.12. The Labute approximate surface area is 153 Å². The second kappa shape index (κ2) is 7.35. The minimum atomic E-state index is -4.64. The van der Waals surface area contributed by atoms with Crippen LogP contribution in [0.2, 0.25) is 0 Å². The molecule has 3 rings (SSSR count). The maximum absolute atomic E-state index is 14.1. The van der Waals surface area contributed by atoms with Gasteiger partial charge in [0.25, 0.3) is 0 Å². The van der Waals surface area contributed by atoms with Crippen molar-refractivity contribution < 1.29 is 22.0 Å². The average molecular weight is 374 g/mol. The second-order valence-corrected chi connectivity index (χ2v) is 6.17. The molecule has 0 heterocycles. The molecule has 3 aromatic rings. The molecule has 0 fully saturated rings. The van der Waals surface area contributed by atoms with E-state index in [1.165, 1.54) is 0 Å². The van der Waals surface area contributed by atoms with Crippen LogP contribution in [-0.2, 0) is 0 Å². The molecule has 27 heavy (non-hydrogen) atoms. The molecular weight excluding hydrogens is 359 g/mol. The summed E-state index contributed by atoms with van der Waals surface area (Å²) in [5.74, 6) is -2.10. The summed E-state index contributed by atoms with van der Waals surface area (Å²) in [6, 6.07) is 17.1. The van der Waals surface area contributed by atoms with Gasteiger partial charge in [-0.25, -0.2) is 8.78 Å². The zero-order valence-corrected chi connectivity index (χ0v) is 14.3. The zero-order valence-electron chi connectivity index (χ0n) is 14.3. The SMILES string of the molecule is Cc1ccc(-c2ccc(-c3cc(F)c(/C=C/C(F)(F)F)c(F)c3)cc2)cc1. The summed E-state index contributed by atoms with van der Waals surface area (Å²) >= 11 is 0. The molecule has 0 saturated carbocycles. The molecule has 0 saturated heterocycles. The van der Waals surface area contributed by atoms with Gasteiger partial charge in [0.15, 0.2) is 0 Å². The van der Waals surface area contributed by atoms with Crippen LogP contribution in [0.1, 0.15) is 11.1 Å². The molecule has 0 N–H and O–H groups in total. The van der Waals surface area contributed by atoms with Crippen molar-refractivity contribution in [2.24, 2.45) is 0 Å². The fourth-order valence-electron chi connectivity index (χ4n) is 2.69. The van der Waals surface area contributed by atoms with Crippen LogP contribution in [0, 0.1) is 18.6 Å². The number of alkyl halides is 3. The van der Waals surface area contributed by atoms with Crippen LogP contribution in [0.25, 0.3) is 28.3 Å². The molecule has 0 aromatic heterocycles. The van der Waals surface area contributed by atoms with Gasteiger partial charge in [-0.15, -0.1) is 0 Å². The van der Waals surface area contributed by atoms with E-state index in [1.54, 1.807) is 12.1 Å². The van der Waals surface area contributed by atoms with Gasteiger partial charge in [0.2, 0.25) is 0 Å². The highest BCUT2D eigenvalue weighted by molar-refractivity contribution is 5.71. The molecule has 0 amide bonds. The van der Waals surface area contributed by atoms with E-state index in [0.29, 0.717) is 11.6 Å². The topological polar surface area (TPSA) is 0 Å². The number of hydrogen-bond donors (Lipinski definition) is 0. The van der Waals surface area contributed by atoms with Crippen LogP contribution in [0.3, 0.4) is 0 Å². The lowest BCUT2D eigenvalue weighted by Gasteiger charge is -2.08. The van der Waals surface area contributed by atoms with E-state index in [4.69, 9.17) is 0 Å². The van der Waals surface area contributed by atoms with Gasteiger partial charge in [0.1, 0.15) is 11.6 Å². The minimum Gasteiger partial charge on any atom is -0.206 e. The predicted octanol–water partition coefficient (Wildman–Crippen LogP) is 7.18. The Bertz CT molecular complexity index is 942. The molecule has 0 aliphatic heterocycles. The van der Waals surface area contributed by atoms with Crippen molar-refractivity contribution in [3.63, 3.8) is 0 Å². The highest BCUT2D eigenvalue weighted by Crippen LogP contribution is 2.29. The van der Waals surface area contributed by atoms with Crippen molar-refractivity contribution in [3.8, 4) is 22.3 Å². The highest BCUT2D eigenvalue weighted by Gasteiger charge is 2.23. The molecular formula is C22H15F5.